The second-order valence-corrected chi connectivity index (χ2v) is 5.69. The van der Waals surface area contributed by atoms with Crippen LogP contribution in [0.15, 0.2) is 12.4 Å². The molecule has 0 fully saturated rings. The lowest BCUT2D eigenvalue weighted by Gasteiger charge is -2.33. The number of unbranched alkanes of at least 4 members (excludes halogenated alkanes) is 1. The number of rotatable bonds is 10. The van der Waals surface area contributed by atoms with Crippen molar-refractivity contribution in [2.24, 2.45) is 12.5 Å². The fraction of sp³-hybridized carbons (Fsp3) is 0.812. The maximum absolute atomic E-state index is 4.46. The van der Waals surface area contributed by atoms with E-state index in [0.29, 0.717) is 5.41 Å². The highest BCUT2D eigenvalue weighted by molar-refractivity contribution is 4.94. The van der Waals surface area contributed by atoms with Crippen LogP contribution in [0, 0.1) is 5.41 Å². The molecule has 0 saturated carbocycles. The minimum absolute atomic E-state index is 0.442. The number of aryl methyl sites for hydroxylation is 2. The van der Waals surface area contributed by atoms with Crippen LogP contribution in [0.5, 0.6) is 0 Å². The molecule has 3 nitrogen and oxygen atoms in total. The van der Waals surface area contributed by atoms with E-state index < -0.39 is 0 Å². The molecule has 1 heterocycles. The molecule has 1 N–H and O–H groups in total. The van der Waals surface area contributed by atoms with Crippen molar-refractivity contribution in [1.82, 2.24) is 14.9 Å². The monoisotopic (exact) mass is 265 g/mol. The largest absolute Gasteiger partial charge is 0.338 e. The molecule has 0 radical (unpaired) electrons. The Morgan fingerprint density at radius 2 is 2.05 bits per heavy atom. The lowest BCUT2D eigenvalue weighted by molar-refractivity contribution is 0.212. The Hall–Kier alpha value is -0.830. The highest BCUT2D eigenvalue weighted by atomic mass is 15.0. The maximum Gasteiger partial charge on any atom is 0.108 e. The van der Waals surface area contributed by atoms with Crippen molar-refractivity contribution < 1.29 is 0 Å². The summed E-state index contributed by atoms with van der Waals surface area (Å²) in [4.78, 5) is 4.46. The maximum atomic E-state index is 4.46. The van der Waals surface area contributed by atoms with Crippen molar-refractivity contribution in [3.8, 4) is 0 Å². The highest BCUT2D eigenvalue weighted by Gasteiger charge is 2.27. The van der Waals surface area contributed by atoms with Gasteiger partial charge in [0.1, 0.15) is 5.82 Å². The van der Waals surface area contributed by atoms with Crippen LogP contribution in [0.1, 0.15) is 58.7 Å². The summed E-state index contributed by atoms with van der Waals surface area (Å²) in [7, 11) is 2.09. The van der Waals surface area contributed by atoms with Crippen LogP contribution in [0.25, 0.3) is 0 Å². The number of aromatic nitrogens is 2. The Labute approximate surface area is 118 Å². The average Bonchev–Trinajstić information content (AvgIpc) is 2.84. The van der Waals surface area contributed by atoms with E-state index in [1.54, 1.807) is 0 Å². The first-order valence-corrected chi connectivity index (χ1v) is 7.84. The number of nitrogens with zero attached hydrogens (tertiary/aromatic N) is 2. The highest BCUT2D eigenvalue weighted by Crippen LogP contribution is 2.33. The molecular weight excluding hydrogens is 234 g/mol. The molecule has 1 aromatic rings. The first-order valence-electron chi connectivity index (χ1n) is 7.84. The summed E-state index contributed by atoms with van der Waals surface area (Å²) in [5, 5.41) is 3.57. The molecular formula is C16H31N3. The van der Waals surface area contributed by atoms with Crippen molar-refractivity contribution in [3.05, 3.63) is 18.2 Å². The van der Waals surface area contributed by atoms with Crippen molar-refractivity contribution in [2.75, 3.05) is 13.1 Å². The van der Waals surface area contributed by atoms with Gasteiger partial charge in [-0.25, -0.2) is 4.98 Å². The van der Waals surface area contributed by atoms with Crippen molar-refractivity contribution in [3.63, 3.8) is 0 Å². The second kappa shape index (κ2) is 8.36. The third-order valence-corrected chi connectivity index (χ3v) is 4.36. The van der Waals surface area contributed by atoms with Crippen LogP contribution < -0.4 is 5.32 Å². The van der Waals surface area contributed by atoms with Crippen molar-refractivity contribution in [2.45, 2.75) is 59.3 Å². The first kappa shape index (κ1) is 16.2. The molecule has 1 rings (SSSR count). The molecule has 1 unspecified atom stereocenters. The molecule has 0 aliphatic heterocycles. The van der Waals surface area contributed by atoms with Crippen LogP contribution in [0.4, 0.5) is 0 Å². The van der Waals surface area contributed by atoms with Crippen LogP contribution >= 0.6 is 0 Å². The quantitative estimate of drug-likeness (QED) is 0.701. The molecule has 0 aliphatic rings. The summed E-state index contributed by atoms with van der Waals surface area (Å²) in [6.07, 6.45) is 11.5. The Balaban J connectivity index is 2.63. The zero-order chi connectivity index (χ0) is 14.1. The normalized spacial score (nSPS) is 14.5. The number of hydrogen-bond donors (Lipinski definition) is 1. The van der Waals surface area contributed by atoms with Gasteiger partial charge in [0.05, 0.1) is 0 Å². The topological polar surface area (TPSA) is 29.9 Å². The number of imidazole rings is 1. The fourth-order valence-electron chi connectivity index (χ4n) is 2.74. The summed E-state index contributed by atoms with van der Waals surface area (Å²) in [5.41, 5.74) is 0.442. The molecule has 19 heavy (non-hydrogen) atoms. The van der Waals surface area contributed by atoms with Gasteiger partial charge in [0.25, 0.3) is 0 Å². The molecule has 0 amide bonds. The number of hydrogen-bond acceptors (Lipinski definition) is 2. The molecule has 0 spiro atoms. The summed E-state index contributed by atoms with van der Waals surface area (Å²) in [6, 6.07) is 0. The lowest BCUT2D eigenvalue weighted by Crippen LogP contribution is -2.34. The van der Waals surface area contributed by atoms with Gasteiger partial charge in [0.15, 0.2) is 0 Å². The van der Waals surface area contributed by atoms with Gasteiger partial charge in [0.2, 0.25) is 0 Å². The molecule has 0 saturated heterocycles. The van der Waals surface area contributed by atoms with Crippen molar-refractivity contribution in [1.29, 1.82) is 0 Å². The molecule has 0 bridgehead atoms. The average molecular weight is 265 g/mol. The summed E-state index contributed by atoms with van der Waals surface area (Å²) >= 11 is 0. The van der Waals surface area contributed by atoms with Gasteiger partial charge in [0, 0.05) is 32.4 Å². The van der Waals surface area contributed by atoms with Gasteiger partial charge in [-0.05, 0) is 31.2 Å². The van der Waals surface area contributed by atoms with Gasteiger partial charge in [-0.2, -0.15) is 0 Å². The molecule has 3 heteroatoms. The zero-order valence-corrected chi connectivity index (χ0v) is 13.2. The summed E-state index contributed by atoms with van der Waals surface area (Å²) in [6.45, 7) is 9.03. The zero-order valence-electron chi connectivity index (χ0n) is 13.2. The van der Waals surface area contributed by atoms with Crippen LogP contribution in [-0.4, -0.2) is 22.6 Å². The van der Waals surface area contributed by atoms with E-state index in [4.69, 9.17) is 0 Å². The summed E-state index contributed by atoms with van der Waals surface area (Å²) < 4.78 is 2.15. The fourth-order valence-corrected chi connectivity index (χ4v) is 2.74. The Bertz CT molecular complexity index is 336. The molecule has 1 atom stereocenters. The Kier molecular flexibility index (Phi) is 7.14. The second-order valence-electron chi connectivity index (χ2n) is 5.69. The van der Waals surface area contributed by atoms with Gasteiger partial charge in [-0.3, -0.25) is 0 Å². The standard InChI is InChI=1S/C16H31N3/c1-5-8-10-16(6-2,14-17-7-3)11-9-15-18-12-13-19(15)4/h12-13,17H,5-11,14H2,1-4H3. The first-order chi connectivity index (χ1) is 9.17. The van der Waals surface area contributed by atoms with E-state index in [-0.39, 0.29) is 0 Å². The lowest BCUT2D eigenvalue weighted by atomic mass is 9.76. The van der Waals surface area contributed by atoms with Crippen molar-refractivity contribution >= 4 is 0 Å². The predicted molar refractivity (Wildman–Crippen MR) is 82.3 cm³/mol. The van der Waals surface area contributed by atoms with E-state index in [9.17, 15) is 0 Å². The smallest absolute Gasteiger partial charge is 0.108 e. The van der Waals surface area contributed by atoms with E-state index in [1.807, 2.05) is 12.4 Å². The Morgan fingerprint density at radius 3 is 2.58 bits per heavy atom. The van der Waals surface area contributed by atoms with Gasteiger partial charge in [-0.15, -0.1) is 0 Å². The van der Waals surface area contributed by atoms with Crippen LogP contribution in [0.3, 0.4) is 0 Å². The third-order valence-electron chi connectivity index (χ3n) is 4.36. The molecule has 110 valence electrons. The minimum Gasteiger partial charge on any atom is -0.338 e. The number of nitrogens with one attached hydrogen (secondary N) is 1. The van der Waals surface area contributed by atoms with E-state index in [0.717, 1.165) is 19.5 Å². The van der Waals surface area contributed by atoms with Gasteiger partial charge >= 0.3 is 0 Å². The van der Waals surface area contributed by atoms with Crippen LogP contribution in [-0.2, 0) is 13.5 Å². The summed E-state index contributed by atoms with van der Waals surface area (Å²) in [5.74, 6) is 1.21. The van der Waals surface area contributed by atoms with Gasteiger partial charge in [-0.1, -0.05) is 33.6 Å². The van der Waals surface area contributed by atoms with E-state index in [1.165, 1.54) is 37.9 Å². The molecule has 0 aromatic carbocycles. The molecule has 1 aromatic heterocycles. The molecule has 0 aliphatic carbocycles. The Morgan fingerprint density at radius 1 is 1.26 bits per heavy atom. The van der Waals surface area contributed by atoms with E-state index >= 15 is 0 Å². The van der Waals surface area contributed by atoms with Gasteiger partial charge < -0.3 is 9.88 Å². The predicted octanol–water partition coefficient (Wildman–Crippen LogP) is 3.55. The third kappa shape index (κ3) is 4.98. The SMILES string of the molecule is CCCCC(CC)(CCc1nccn1C)CNCC. The minimum atomic E-state index is 0.442. The van der Waals surface area contributed by atoms with Crippen LogP contribution in [0.2, 0.25) is 0 Å². The van der Waals surface area contributed by atoms with E-state index in [2.05, 4.69) is 42.7 Å².